The van der Waals surface area contributed by atoms with Crippen molar-refractivity contribution >= 4 is 23.4 Å². The molecule has 0 bridgehead atoms. The fourth-order valence-electron chi connectivity index (χ4n) is 2.35. The van der Waals surface area contributed by atoms with Crippen LogP contribution < -0.4 is 0 Å². The molecule has 0 saturated heterocycles. The van der Waals surface area contributed by atoms with Crippen LogP contribution in [0.1, 0.15) is 20.3 Å². The van der Waals surface area contributed by atoms with Gasteiger partial charge in [-0.05, 0) is 12.5 Å². The third-order valence-electron chi connectivity index (χ3n) is 3.30. The van der Waals surface area contributed by atoms with Gasteiger partial charge in [0.1, 0.15) is 4.87 Å². The number of Topliss-reactive ketones (excluding diaryl/α,β-unsaturated/α-hetero) is 1. The predicted octanol–water partition coefficient (Wildman–Crippen LogP) is 2.21. The van der Waals surface area contributed by atoms with Gasteiger partial charge >= 0.3 is 5.97 Å². The van der Waals surface area contributed by atoms with Crippen molar-refractivity contribution in [1.82, 2.24) is 0 Å². The number of alkyl halides is 1. The Kier molecular flexibility index (Phi) is 2.66. The fraction of sp³-hybridized carbons (Fsp3) is 0.500. The Hall–Kier alpha value is -1.09. The number of ketones is 1. The minimum Gasteiger partial charge on any atom is -0.434 e. The summed E-state index contributed by atoms with van der Waals surface area (Å²) in [6.45, 7) is 3.10. The van der Waals surface area contributed by atoms with Gasteiger partial charge in [-0.3, -0.25) is 9.59 Å². The zero-order chi connectivity index (χ0) is 11.9. The maximum Gasteiger partial charge on any atom is 0.307 e. The highest BCUT2D eigenvalue weighted by atomic mass is 35.5. The SMILES string of the molecule is CC(=O)O/C=C1/C=CC2C1CC(=O)[C@@]2(C)Cl. The molecule has 0 N–H and O–H groups in total. The molecule has 0 aromatic rings. The van der Waals surface area contributed by atoms with E-state index in [1.807, 2.05) is 12.2 Å². The van der Waals surface area contributed by atoms with Crippen LogP contribution in [0, 0.1) is 11.8 Å². The summed E-state index contributed by atoms with van der Waals surface area (Å²) >= 11 is 6.21. The van der Waals surface area contributed by atoms with Crippen molar-refractivity contribution in [1.29, 1.82) is 0 Å². The highest BCUT2D eigenvalue weighted by Crippen LogP contribution is 2.49. The average molecular weight is 241 g/mol. The first kappa shape index (κ1) is 11.4. The summed E-state index contributed by atoms with van der Waals surface area (Å²) < 4.78 is 4.83. The first-order chi connectivity index (χ1) is 7.43. The number of carbonyl (C=O) groups is 2. The molecule has 4 heteroatoms. The smallest absolute Gasteiger partial charge is 0.307 e. The summed E-state index contributed by atoms with van der Waals surface area (Å²) in [7, 11) is 0. The van der Waals surface area contributed by atoms with Crippen LogP contribution in [0.15, 0.2) is 24.0 Å². The van der Waals surface area contributed by atoms with E-state index in [2.05, 4.69) is 0 Å². The molecule has 0 radical (unpaired) electrons. The molecule has 2 aliphatic carbocycles. The lowest BCUT2D eigenvalue weighted by molar-refractivity contribution is -0.135. The van der Waals surface area contributed by atoms with Gasteiger partial charge in [0.05, 0.1) is 6.26 Å². The summed E-state index contributed by atoms with van der Waals surface area (Å²) in [6, 6.07) is 0. The number of fused-ring (bicyclic) bond motifs is 1. The zero-order valence-electron chi connectivity index (χ0n) is 9.20. The molecule has 0 aromatic carbocycles. The Morgan fingerprint density at radius 3 is 3.00 bits per heavy atom. The van der Waals surface area contributed by atoms with Gasteiger partial charge in [0.25, 0.3) is 0 Å². The number of allylic oxidation sites excluding steroid dienone is 3. The number of hydrogen-bond donors (Lipinski definition) is 0. The number of carbonyl (C=O) groups excluding carboxylic acids is 2. The van der Waals surface area contributed by atoms with Gasteiger partial charge in [-0.25, -0.2) is 0 Å². The van der Waals surface area contributed by atoms with E-state index in [0.717, 1.165) is 5.57 Å². The van der Waals surface area contributed by atoms with Crippen molar-refractivity contribution in [3.63, 3.8) is 0 Å². The van der Waals surface area contributed by atoms with Crippen molar-refractivity contribution in [2.75, 3.05) is 0 Å². The molecule has 0 spiro atoms. The minimum atomic E-state index is -0.813. The van der Waals surface area contributed by atoms with Gasteiger partial charge in [-0.1, -0.05) is 12.2 Å². The highest BCUT2D eigenvalue weighted by molar-refractivity contribution is 6.36. The molecule has 0 aliphatic heterocycles. The van der Waals surface area contributed by atoms with Crippen LogP contribution in [0.25, 0.3) is 0 Å². The van der Waals surface area contributed by atoms with Crippen LogP contribution in [-0.4, -0.2) is 16.6 Å². The molecule has 16 heavy (non-hydrogen) atoms. The van der Waals surface area contributed by atoms with Crippen molar-refractivity contribution in [3.05, 3.63) is 24.0 Å². The molecule has 3 nitrogen and oxygen atoms in total. The first-order valence-electron chi connectivity index (χ1n) is 5.20. The Balaban J connectivity index is 2.20. The number of ether oxygens (including phenoxy) is 1. The lowest BCUT2D eigenvalue weighted by Gasteiger charge is -2.20. The molecule has 0 heterocycles. The molecule has 1 fully saturated rings. The van der Waals surface area contributed by atoms with Crippen LogP contribution in [0.2, 0.25) is 0 Å². The highest BCUT2D eigenvalue weighted by Gasteiger charge is 2.52. The maximum absolute atomic E-state index is 11.7. The Morgan fingerprint density at radius 2 is 2.38 bits per heavy atom. The molecule has 1 saturated carbocycles. The molecule has 2 unspecified atom stereocenters. The minimum absolute atomic E-state index is 0.0171. The molecular weight excluding hydrogens is 228 g/mol. The zero-order valence-corrected chi connectivity index (χ0v) is 9.95. The summed E-state index contributed by atoms with van der Waals surface area (Å²) in [4.78, 5) is 21.6. The summed E-state index contributed by atoms with van der Waals surface area (Å²) in [5, 5.41) is 0. The molecule has 2 rings (SSSR count). The number of hydrogen-bond acceptors (Lipinski definition) is 3. The molecular formula is C12H13ClO3. The van der Waals surface area contributed by atoms with Crippen LogP contribution in [0.3, 0.4) is 0 Å². The van der Waals surface area contributed by atoms with E-state index in [1.54, 1.807) is 6.92 Å². The quantitative estimate of drug-likeness (QED) is 0.401. The van der Waals surface area contributed by atoms with E-state index in [4.69, 9.17) is 16.3 Å². The van der Waals surface area contributed by atoms with Gasteiger partial charge in [0.2, 0.25) is 0 Å². The van der Waals surface area contributed by atoms with Gasteiger partial charge in [0.15, 0.2) is 5.78 Å². The lowest BCUT2D eigenvalue weighted by atomic mass is 9.91. The van der Waals surface area contributed by atoms with Crippen molar-refractivity contribution in [2.45, 2.75) is 25.1 Å². The van der Waals surface area contributed by atoms with E-state index in [9.17, 15) is 9.59 Å². The normalized spacial score (nSPS) is 39.2. The van der Waals surface area contributed by atoms with Crippen LogP contribution in [-0.2, 0) is 14.3 Å². The van der Waals surface area contributed by atoms with Crippen molar-refractivity contribution in [2.24, 2.45) is 11.8 Å². The number of rotatable bonds is 1. The second-order valence-corrected chi connectivity index (χ2v) is 5.21. The topological polar surface area (TPSA) is 43.4 Å². The second kappa shape index (κ2) is 3.74. The third kappa shape index (κ3) is 1.69. The monoisotopic (exact) mass is 240 g/mol. The van der Waals surface area contributed by atoms with Crippen LogP contribution in [0.4, 0.5) is 0 Å². The van der Waals surface area contributed by atoms with Crippen LogP contribution >= 0.6 is 11.6 Å². The second-order valence-electron chi connectivity index (χ2n) is 4.42. The molecule has 2 aliphatic rings. The Bertz CT molecular complexity index is 406. The summed E-state index contributed by atoms with van der Waals surface area (Å²) in [5.74, 6) is -0.220. The standard InChI is InChI=1S/C12H13ClO3/c1-7(14)16-6-8-3-4-10-9(8)5-11(15)12(10,2)13/h3-4,6,9-10H,5H2,1-2H3/b8-6-/t9?,10?,12-/m0/s1. The molecule has 86 valence electrons. The largest absolute Gasteiger partial charge is 0.434 e. The Labute approximate surface area is 99.1 Å². The fourth-order valence-corrected chi connectivity index (χ4v) is 2.65. The lowest BCUT2D eigenvalue weighted by Crippen LogP contribution is -2.29. The number of esters is 1. The van der Waals surface area contributed by atoms with Gasteiger partial charge in [-0.2, -0.15) is 0 Å². The first-order valence-corrected chi connectivity index (χ1v) is 5.58. The van der Waals surface area contributed by atoms with Crippen molar-refractivity contribution < 1.29 is 14.3 Å². The van der Waals surface area contributed by atoms with Gasteiger partial charge in [-0.15, -0.1) is 11.6 Å². The molecule has 3 atom stereocenters. The van der Waals surface area contributed by atoms with E-state index < -0.39 is 4.87 Å². The van der Waals surface area contributed by atoms with Gasteiger partial charge in [0, 0.05) is 25.2 Å². The summed E-state index contributed by atoms with van der Waals surface area (Å²) in [5.41, 5.74) is 0.873. The van der Waals surface area contributed by atoms with E-state index in [1.165, 1.54) is 13.2 Å². The van der Waals surface area contributed by atoms with E-state index in [0.29, 0.717) is 6.42 Å². The molecule has 0 aromatic heterocycles. The summed E-state index contributed by atoms with van der Waals surface area (Å²) in [6.07, 6.45) is 5.66. The maximum atomic E-state index is 11.7. The van der Waals surface area contributed by atoms with E-state index in [-0.39, 0.29) is 23.6 Å². The molecule has 0 amide bonds. The number of halogens is 1. The van der Waals surface area contributed by atoms with Crippen molar-refractivity contribution in [3.8, 4) is 0 Å². The van der Waals surface area contributed by atoms with Crippen LogP contribution in [0.5, 0.6) is 0 Å². The average Bonchev–Trinajstić information content (AvgIpc) is 2.66. The third-order valence-corrected chi connectivity index (χ3v) is 3.76. The predicted molar refractivity (Wildman–Crippen MR) is 59.9 cm³/mol. The van der Waals surface area contributed by atoms with E-state index >= 15 is 0 Å². The van der Waals surface area contributed by atoms with Gasteiger partial charge < -0.3 is 4.74 Å². The Morgan fingerprint density at radius 1 is 1.69 bits per heavy atom.